The molecule has 2 N–H and O–H groups in total. The summed E-state index contributed by atoms with van der Waals surface area (Å²) in [5, 5.41) is 0.855. The molecule has 0 unspecified atom stereocenters. The highest BCUT2D eigenvalue weighted by atomic mass is 32.1. The van der Waals surface area contributed by atoms with Gasteiger partial charge in [0.05, 0.1) is 11.1 Å². The third-order valence-corrected chi connectivity index (χ3v) is 3.43. The Kier molecular flexibility index (Phi) is 3.58. The van der Waals surface area contributed by atoms with Gasteiger partial charge in [-0.2, -0.15) is 0 Å². The molecule has 0 aliphatic heterocycles. The Balaban J connectivity index is 1.98. The molecule has 106 valence electrons. The van der Waals surface area contributed by atoms with E-state index < -0.39 is 0 Å². The summed E-state index contributed by atoms with van der Waals surface area (Å²) in [6.45, 7) is 2.33. The maximum Gasteiger partial charge on any atom is 0.204 e. The van der Waals surface area contributed by atoms with E-state index >= 15 is 0 Å². The SMILES string of the molecule is Cc1cccnc1COc1c(C(N)=S)oc2ccccc12. The first-order valence-corrected chi connectivity index (χ1v) is 6.92. The molecule has 0 aliphatic carbocycles. The van der Waals surface area contributed by atoms with Gasteiger partial charge < -0.3 is 14.9 Å². The van der Waals surface area contributed by atoms with Crippen LogP contribution in [0, 0.1) is 6.92 Å². The van der Waals surface area contributed by atoms with Crippen LogP contribution < -0.4 is 10.5 Å². The summed E-state index contributed by atoms with van der Waals surface area (Å²) in [7, 11) is 0. The zero-order valence-electron chi connectivity index (χ0n) is 11.5. The van der Waals surface area contributed by atoms with Gasteiger partial charge in [-0.15, -0.1) is 0 Å². The lowest BCUT2D eigenvalue weighted by molar-refractivity contribution is 0.299. The molecule has 0 fully saturated rings. The van der Waals surface area contributed by atoms with E-state index in [4.69, 9.17) is 27.1 Å². The molecule has 21 heavy (non-hydrogen) atoms. The number of hydrogen-bond donors (Lipinski definition) is 1. The van der Waals surface area contributed by atoms with Crippen LogP contribution in [0.25, 0.3) is 11.0 Å². The van der Waals surface area contributed by atoms with E-state index in [-0.39, 0.29) is 4.99 Å². The summed E-state index contributed by atoms with van der Waals surface area (Å²) in [5.74, 6) is 0.975. The standard InChI is InChI=1S/C16H14N2O2S/c1-10-5-4-8-18-12(10)9-19-14-11-6-2-3-7-13(11)20-15(14)16(17)21/h2-8H,9H2,1H3,(H2,17,21). The summed E-state index contributed by atoms with van der Waals surface area (Å²) in [4.78, 5) is 4.49. The van der Waals surface area contributed by atoms with Gasteiger partial charge in [-0.05, 0) is 30.7 Å². The van der Waals surface area contributed by atoms with Gasteiger partial charge in [0.25, 0.3) is 0 Å². The molecular formula is C16H14N2O2S. The van der Waals surface area contributed by atoms with Crippen molar-refractivity contribution in [3.63, 3.8) is 0 Å². The number of rotatable bonds is 4. The Bertz CT molecular complexity index is 811. The Labute approximate surface area is 127 Å². The van der Waals surface area contributed by atoms with Crippen molar-refractivity contribution in [1.29, 1.82) is 0 Å². The first-order chi connectivity index (χ1) is 10.2. The van der Waals surface area contributed by atoms with Gasteiger partial charge in [-0.3, -0.25) is 4.98 Å². The lowest BCUT2D eigenvalue weighted by atomic mass is 10.2. The quantitative estimate of drug-likeness (QED) is 0.748. The first kappa shape index (κ1) is 13.6. The molecule has 0 saturated carbocycles. The minimum absolute atomic E-state index is 0.180. The van der Waals surface area contributed by atoms with Crippen molar-refractivity contribution in [2.75, 3.05) is 0 Å². The summed E-state index contributed by atoms with van der Waals surface area (Å²) < 4.78 is 11.6. The van der Waals surface area contributed by atoms with Crippen molar-refractivity contribution >= 4 is 28.2 Å². The van der Waals surface area contributed by atoms with Crippen molar-refractivity contribution in [1.82, 2.24) is 4.98 Å². The molecule has 2 heterocycles. The van der Waals surface area contributed by atoms with Crippen LogP contribution in [0.3, 0.4) is 0 Å². The van der Waals surface area contributed by atoms with Gasteiger partial charge in [0.1, 0.15) is 17.2 Å². The zero-order chi connectivity index (χ0) is 14.8. The predicted molar refractivity (Wildman–Crippen MR) is 85.4 cm³/mol. The lowest BCUT2D eigenvalue weighted by Gasteiger charge is -2.07. The number of thiocarbonyl (C=S) groups is 1. The molecule has 0 saturated heterocycles. The highest BCUT2D eigenvalue weighted by molar-refractivity contribution is 7.80. The second kappa shape index (κ2) is 5.54. The van der Waals surface area contributed by atoms with Crippen LogP contribution in [0.5, 0.6) is 5.75 Å². The Morgan fingerprint density at radius 1 is 1.29 bits per heavy atom. The highest BCUT2D eigenvalue weighted by Gasteiger charge is 2.18. The maximum atomic E-state index is 5.89. The van der Waals surface area contributed by atoms with Crippen LogP contribution in [0.4, 0.5) is 0 Å². The number of furan rings is 1. The number of aromatic nitrogens is 1. The van der Waals surface area contributed by atoms with Crippen LogP contribution >= 0.6 is 12.2 Å². The molecule has 0 bridgehead atoms. The average Bonchev–Trinajstić information content (AvgIpc) is 2.85. The van der Waals surface area contributed by atoms with E-state index in [9.17, 15) is 0 Å². The molecule has 0 radical (unpaired) electrons. The third kappa shape index (κ3) is 2.60. The molecule has 1 aromatic carbocycles. The number of ether oxygens (including phenoxy) is 1. The van der Waals surface area contributed by atoms with Crippen LogP contribution in [-0.4, -0.2) is 9.97 Å². The number of hydrogen-bond acceptors (Lipinski definition) is 4. The summed E-state index contributed by atoms with van der Waals surface area (Å²) in [6.07, 6.45) is 1.74. The van der Waals surface area contributed by atoms with Gasteiger partial charge in [-0.1, -0.05) is 30.4 Å². The van der Waals surface area contributed by atoms with Crippen LogP contribution in [0.15, 0.2) is 47.0 Å². The van der Waals surface area contributed by atoms with Gasteiger partial charge in [0, 0.05) is 6.20 Å². The Morgan fingerprint density at radius 2 is 2.10 bits per heavy atom. The van der Waals surface area contributed by atoms with E-state index in [1.807, 2.05) is 43.3 Å². The topological polar surface area (TPSA) is 61.3 Å². The normalized spacial score (nSPS) is 10.7. The molecule has 3 aromatic rings. The summed E-state index contributed by atoms with van der Waals surface area (Å²) in [5.41, 5.74) is 8.36. The van der Waals surface area contributed by atoms with Crippen LogP contribution in [-0.2, 0) is 6.61 Å². The van der Waals surface area contributed by atoms with Crippen molar-refractivity contribution in [3.05, 3.63) is 59.6 Å². The molecule has 4 nitrogen and oxygen atoms in total. The second-order valence-electron chi connectivity index (χ2n) is 4.68. The highest BCUT2D eigenvalue weighted by Crippen LogP contribution is 2.33. The lowest BCUT2D eigenvalue weighted by Crippen LogP contribution is -2.10. The summed E-state index contributed by atoms with van der Waals surface area (Å²) in [6, 6.07) is 11.5. The predicted octanol–water partition coefficient (Wildman–Crippen LogP) is 3.35. The Morgan fingerprint density at radius 3 is 2.86 bits per heavy atom. The van der Waals surface area contributed by atoms with Gasteiger partial charge in [0.2, 0.25) is 5.76 Å². The smallest absolute Gasteiger partial charge is 0.204 e. The van der Waals surface area contributed by atoms with Crippen molar-refractivity contribution in [2.24, 2.45) is 5.73 Å². The van der Waals surface area contributed by atoms with Gasteiger partial charge in [-0.25, -0.2) is 0 Å². The number of aryl methyl sites for hydroxylation is 1. The number of nitrogens with two attached hydrogens (primary N) is 1. The van der Waals surface area contributed by atoms with Crippen molar-refractivity contribution in [2.45, 2.75) is 13.5 Å². The van der Waals surface area contributed by atoms with Crippen LogP contribution in [0.1, 0.15) is 17.0 Å². The maximum absolute atomic E-state index is 5.89. The first-order valence-electron chi connectivity index (χ1n) is 6.51. The van der Waals surface area contributed by atoms with Crippen LogP contribution in [0.2, 0.25) is 0 Å². The minimum atomic E-state index is 0.180. The fourth-order valence-corrected chi connectivity index (χ4v) is 2.27. The number of pyridine rings is 1. The molecule has 2 aromatic heterocycles. The average molecular weight is 298 g/mol. The van der Waals surface area contributed by atoms with Gasteiger partial charge >= 0.3 is 0 Å². The van der Waals surface area contributed by atoms with E-state index in [1.54, 1.807) is 6.20 Å². The van der Waals surface area contributed by atoms with Crippen molar-refractivity contribution < 1.29 is 9.15 Å². The molecule has 0 amide bonds. The largest absolute Gasteiger partial charge is 0.482 e. The third-order valence-electron chi connectivity index (χ3n) is 3.24. The zero-order valence-corrected chi connectivity index (χ0v) is 12.3. The molecule has 0 aliphatic rings. The molecule has 0 spiro atoms. The fraction of sp³-hybridized carbons (Fsp3) is 0.125. The Hall–Kier alpha value is -2.40. The fourth-order valence-electron chi connectivity index (χ4n) is 2.14. The summed E-state index contributed by atoms with van der Waals surface area (Å²) >= 11 is 5.04. The van der Waals surface area contributed by atoms with Gasteiger partial charge in [0.15, 0.2) is 5.75 Å². The molecule has 0 atom stereocenters. The molecule has 5 heteroatoms. The number of nitrogens with zero attached hydrogens (tertiary/aromatic N) is 1. The second-order valence-corrected chi connectivity index (χ2v) is 5.12. The molecule has 3 rings (SSSR count). The minimum Gasteiger partial charge on any atom is -0.482 e. The van der Waals surface area contributed by atoms with Crippen molar-refractivity contribution in [3.8, 4) is 5.75 Å². The van der Waals surface area contributed by atoms with E-state index in [2.05, 4.69) is 4.98 Å². The van der Waals surface area contributed by atoms with E-state index in [1.165, 1.54) is 0 Å². The number of fused-ring (bicyclic) bond motifs is 1. The van der Waals surface area contributed by atoms with E-state index in [0.29, 0.717) is 23.7 Å². The van der Waals surface area contributed by atoms with E-state index in [0.717, 1.165) is 16.6 Å². The number of benzene rings is 1. The monoisotopic (exact) mass is 298 g/mol. The molecular weight excluding hydrogens is 284 g/mol. The number of para-hydroxylation sites is 1.